The van der Waals surface area contributed by atoms with Gasteiger partial charge in [0.1, 0.15) is 11.0 Å². The highest BCUT2D eigenvalue weighted by Crippen LogP contribution is 2.28. The fourth-order valence-corrected chi connectivity index (χ4v) is 3.48. The molecule has 0 unspecified atom stereocenters. The summed E-state index contributed by atoms with van der Waals surface area (Å²) in [7, 11) is 0. The van der Waals surface area contributed by atoms with Crippen molar-refractivity contribution in [1.29, 1.82) is 0 Å². The van der Waals surface area contributed by atoms with Gasteiger partial charge in [-0.3, -0.25) is 9.78 Å². The first-order valence-corrected chi connectivity index (χ1v) is 9.29. The van der Waals surface area contributed by atoms with E-state index < -0.39 is 0 Å². The zero-order chi connectivity index (χ0) is 17.1. The van der Waals surface area contributed by atoms with Gasteiger partial charge in [0.2, 0.25) is 0 Å². The summed E-state index contributed by atoms with van der Waals surface area (Å²) in [6, 6.07) is 3.93. The van der Waals surface area contributed by atoms with Gasteiger partial charge in [0.15, 0.2) is 5.12 Å². The van der Waals surface area contributed by atoms with Crippen molar-refractivity contribution in [2.24, 2.45) is 0 Å². The highest BCUT2D eigenvalue weighted by atomic mass is 32.2. The fourth-order valence-electron chi connectivity index (χ4n) is 2.84. The Hall–Kier alpha value is -1.95. The zero-order valence-electron chi connectivity index (χ0n) is 14.3. The molecule has 3 rings (SSSR count). The van der Waals surface area contributed by atoms with E-state index in [4.69, 9.17) is 4.98 Å². The van der Waals surface area contributed by atoms with E-state index in [2.05, 4.69) is 28.4 Å². The van der Waals surface area contributed by atoms with Crippen molar-refractivity contribution in [2.75, 3.05) is 5.75 Å². The molecule has 0 aliphatic rings. The van der Waals surface area contributed by atoms with Gasteiger partial charge < -0.3 is 4.57 Å². The molecule has 0 aliphatic carbocycles. The smallest absolute Gasteiger partial charge is 0.185 e. The van der Waals surface area contributed by atoms with Crippen molar-refractivity contribution in [3.8, 4) is 0 Å². The summed E-state index contributed by atoms with van der Waals surface area (Å²) in [5, 5.41) is 0.186. The normalized spacial score (nSPS) is 11.7. The number of thioether (sulfide) groups is 1. The topological polar surface area (TPSA) is 60.7 Å². The van der Waals surface area contributed by atoms with Crippen LogP contribution in [0.4, 0.5) is 0 Å². The summed E-state index contributed by atoms with van der Waals surface area (Å²) >= 11 is 1.39. The van der Waals surface area contributed by atoms with Crippen LogP contribution < -0.4 is 0 Å². The first kappa shape index (κ1) is 16.9. The van der Waals surface area contributed by atoms with Gasteiger partial charge in [-0.1, -0.05) is 25.6 Å². The Morgan fingerprint density at radius 3 is 2.83 bits per heavy atom. The third-order valence-corrected chi connectivity index (χ3v) is 4.88. The molecule has 5 nitrogen and oxygen atoms in total. The lowest BCUT2D eigenvalue weighted by Crippen LogP contribution is -2.01. The van der Waals surface area contributed by atoms with Crippen molar-refractivity contribution < 1.29 is 4.79 Å². The number of aryl methyl sites for hydroxylation is 1. The predicted molar refractivity (Wildman–Crippen MR) is 99.3 cm³/mol. The van der Waals surface area contributed by atoms with E-state index in [1.807, 2.05) is 18.5 Å². The average Bonchev–Trinajstić information content (AvgIpc) is 2.97. The van der Waals surface area contributed by atoms with E-state index in [1.165, 1.54) is 11.8 Å². The Labute approximate surface area is 145 Å². The van der Waals surface area contributed by atoms with Crippen molar-refractivity contribution >= 4 is 38.9 Å². The predicted octanol–water partition coefficient (Wildman–Crippen LogP) is 4.16. The van der Waals surface area contributed by atoms with Crippen LogP contribution in [-0.2, 0) is 11.3 Å². The van der Waals surface area contributed by atoms with Gasteiger partial charge in [-0.25, -0.2) is 9.97 Å². The van der Waals surface area contributed by atoms with Crippen LogP contribution in [-0.4, -0.2) is 30.4 Å². The van der Waals surface area contributed by atoms with Crippen molar-refractivity contribution in [2.45, 2.75) is 46.1 Å². The molecule has 24 heavy (non-hydrogen) atoms. The molecular weight excluding hydrogens is 320 g/mol. The van der Waals surface area contributed by atoms with Crippen molar-refractivity contribution in [3.63, 3.8) is 0 Å². The Balaban J connectivity index is 1.93. The van der Waals surface area contributed by atoms with E-state index in [0.717, 1.165) is 52.9 Å². The molecule has 0 N–H and O–H groups in total. The summed E-state index contributed by atoms with van der Waals surface area (Å²) in [5.41, 5.74) is 4.88. The molecule has 0 radical (unpaired) electrons. The number of aromatic nitrogens is 4. The van der Waals surface area contributed by atoms with Crippen molar-refractivity contribution in [3.05, 3.63) is 30.4 Å². The van der Waals surface area contributed by atoms with E-state index in [0.29, 0.717) is 5.92 Å². The highest BCUT2D eigenvalue weighted by Gasteiger charge is 2.16. The maximum atomic E-state index is 11.0. The van der Waals surface area contributed by atoms with Crippen LogP contribution in [0.15, 0.2) is 24.7 Å². The molecule has 0 fully saturated rings. The van der Waals surface area contributed by atoms with E-state index in [1.54, 1.807) is 13.1 Å². The van der Waals surface area contributed by atoms with E-state index >= 15 is 0 Å². The average molecular weight is 342 g/mol. The molecule has 0 saturated heterocycles. The summed E-state index contributed by atoms with van der Waals surface area (Å²) in [5.74, 6) is 1.19. The highest BCUT2D eigenvalue weighted by molar-refractivity contribution is 8.13. The lowest BCUT2D eigenvalue weighted by Gasteiger charge is -2.10. The standard InChI is InChI=1S/C18H22N4OS/c1-12(2)15-17-18(16-14(21-15)7-6-8-19-16)22(11-20-17)9-4-5-10-24-13(3)23/h6-8,11-12H,4-5,9-10H2,1-3H3. The van der Waals surface area contributed by atoms with Crippen LogP contribution in [0.2, 0.25) is 0 Å². The van der Waals surface area contributed by atoms with Gasteiger partial charge in [0.05, 0.1) is 23.1 Å². The molecule has 0 spiro atoms. The van der Waals surface area contributed by atoms with Gasteiger partial charge >= 0.3 is 0 Å². The lowest BCUT2D eigenvalue weighted by molar-refractivity contribution is -0.109. The van der Waals surface area contributed by atoms with E-state index in [9.17, 15) is 4.79 Å². The van der Waals surface area contributed by atoms with Gasteiger partial charge in [-0.15, -0.1) is 0 Å². The van der Waals surface area contributed by atoms with Crippen LogP contribution in [0.5, 0.6) is 0 Å². The maximum absolute atomic E-state index is 11.0. The Bertz CT molecular complexity index is 872. The molecule has 0 aromatic carbocycles. The first-order valence-electron chi connectivity index (χ1n) is 8.30. The number of hydrogen-bond acceptors (Lipinski definition) is 5. The second kappa shape index (κ2) is 7.30. The molecule has 0 amide bonds. The fraction of sp³-hybridized carbons (Fsp3) is 0.444. The Kier molecular flexibility index (Phi) is 5.14. The van der Waals surface area contributed by atoms with Gasteiger partial charge in [0, 0.05) is 25.4 Å². The van der Waals surface area contributed by atoms with Crippen LogP contribution in [0.25, 0.3) is 22.1 Å². The minimum Gasteiger partial charge on any atom is -0.329 e. The lowest BCUT2D eigenvalue weighted by atomic mass is 10.1. The monoisotopic (exact) mass is 342 g/mol. The quantitative estimate of drug-likeness (QED) is 0.629. The molecule has 3 aromatic heterocycles. The minimum absolute atomic E-state index is 0.186. The molecule has 0 atom stereocenters. The summed E-state index contributed by atoms with van der Waals surface area (Å²) in [6.07, 6.45) is 5.72. The molecule has 6 heteroatoms. The van der Waals surface area contributed by atoms with Crippen LogP contribution in [0.3, 0.4) is 0 Å². The Morgan fingerprint density at radius 2 is 2.08 bits per heavy atom. The van der Waals surface area contributed by atoms with Gasteiger partial charge in [-0.2, -0.15) is 0 Å². The maximum Gasteiger partial charge on any atom is 0.185 e. The molecule has 3 heterocycles. The van der Waals surface area contributed by atoms with Gasteiger partial charge in [0.25, 0.3) is 0 Å². The Morgan fingerprint density at radius 1 is 1.25 bits per heavy atom. The summed E-state index contributed by atoms with van der Waals surface area (Å²) in [6.45, 7) is 6.78. The first-order chi connectivity index (χ1) is 11.6. The molecule has 3 aromatic rings. The number of carbonyl (C=O) groups excluding carboxylic acids is 1. The number of nitrogens with zero attached hydrogens (tertiary/aromatic N) is 4. The van der Waals surface area contributed by atoms with Crippen LogP contribution >= 0.6 is 11.8 Å². The molecule has 0 bridgehead atoms. The number of unbranched alkanes of at least 4 members (excludes halogenated alkanes) is 1. The number of fused-ring (bicyclic) bond motifs is 3. The van der Waals surface area contributed by atoms with Crippen LogP contribution in [0, 0.1) is 0 Å². The van der Waals surface area contributed by atoms with Gasteiger partial charge in [-0.05, 0) is 30.9 Å². The molecule has 0 saturated carbocycles. The largest absolute Gasteiger partial charge is 0.329 e. The van der Waals surface area contributed by atoms with Crippen molar-refractivity contribution in [1.82, 2.24) is 19.5 Å². The number of pyridine rings is 2. The molecular formula is C18H22N4OS. The molecule has 126 valence electrons. The third-order valence-electron chi connectivity index (χ3n) is 3.98. The van der Waals surface area contributed by atoms with Crippen LogP contribution in [0.1, 0.15) is 45.2 Å². The SMILES string of the molecule is CC(=O)SCCCCn1cnc2c(C(C)C)nc3cccnc3c21. The summed E-state index contributed by atoms with van der Waals surface area (Å²) in [4.78, 5) is 24.9. The minimum atomic E-state index is 0.186. The molecule has 0 aliphatic heterocycles. The second-order valence-electron chi connectivity index (χ2n) is 6.21. The number of rotatable bonds is 6. The van der Waals surface area contributed by atoms with E-state index in [-0.39, 0.29) is 5.12 Å². The number of carbonyl (C=O) groups is 1. The number of hydrogen-bond donors (Lipinski definition) is 0. The number of imidazole rings is 1. The second-order valence-corrected chi connectivity index (χ2v) is 7.48. The third kappa shape index (κ3) is 3.43. The summed E-state index contributed by atoms with van der Waals surface area (Å²) < 4.78 is 2.18. The zero-order valence-corrected chi connectivity index (χ0v) is 15.1.